The van der Waals surface area contributed by atoms with E-state index < -0.39 is 0 Å². The van der Waals surface area contributed by atoms with Gasteiger partial charge in [-0.15, -0.1) is 0 Å². The predicted molar refractivity (Wildman–Crippen MR) is 71.9 cm³/mol. The minimum absolute atomic E-state index is 0.463. The van der Waals surface area contributed by atoms with Crippen molar-refractivity contribution in [2.45, 2.75) is 19.9 Å². The molecule has 7 heteroatoms. The molecule has 0 fully saturated rings. The van der Waals surface area contributed by atoms with Crippen LogP contribution in [0.2, 0.25) is 0 Å². The molecule has 96 valence electrons. The quantitative estimate of drug-likeness (QED) is 0.919. The van der Waals surface area contributed by atoms with Crippen LogP contribution in [-0.4, -0.2) is 26.8 Å². The number of halogens is 1. The normalized spacial score (nSPS) is 10.4. The van der Waals surface area contributed by atoms with E-state index in [1.165, 1.54) is 0 Å². The Morgan fingerprint density at radius 3 is 3.00 bits per heavy atom. The lowest BCUT2D eigenvalue weighted by Gasteiger charge is -2.05. The van der Waals surface area contributed by atoms with E-state index in [0.717, 1.165) is 13.0 Å². The van der Waals surface area contributed by atoms with Crippen molar-refractivity contribution < 1.29 is 4.74 Å². The number of hydrogen-bond acceptors (Lipinski definition) is 5. The standard InChI is InChI=1S/C11H14BrN5O/c1-3-4-17-7-8(5-15-17)18-10-9(12)6-14-11(13-2)16-10/h5-7H,3-4H2,1-2H3,(H,13,14,16). The summed E-state index contributed by atoms with van der Waals surface area (Å²) in [4.78, 5) is 8.28. The third-order valence-electron chi connectivity index (χ3n) is 2.21. The Morgan fingerprint density at radius 2 is 2.28 bits per heavy atom. The Balaban J connectivity index is 2.16. The minimum atomic E-state index is 0.463. The summed E-state index contributed by atoms with van der Waals surface area (Å²) >= 11 is 3.35. The molecule has 0 aliphatic carbocycles. The van der Waals surface area contributed by atoms with E-state index in [9.17, 15) is 0 Å². The highest BCUT2D eigenvalue weighted by atomic mass is 79.9. The summed E-state index contributed by atoms with van der Waals surface area (Å²) in [5, 5.41) is 7.05. The van der Waals surface area contributed by atoms with Crippen LogP contribution < -0.4 is 10.1 Å². The van der Waals surface area contributed by atoms with E-state index >= 15 is 0 Å². The SMILES string of the molecule is CCCn1cc(Oc2nc(NC)ncc2Br)cn1. The number of aryl methyl sites for hydroxylation is 1. The van der Waals surface area contributed by atoms with E-state index in [4.69, 9.17) is 4.74 Å². The molecule has 2 aromatic rings. The first-order valence-corrected chi connectivity index (χ1v) is 6.43. The van der Waals surface area contributed by atoms with Gasteiger partial charge in [0.25, 0.3) is 0 Å². The molecule has 0 radical (unpaired) electrons. The summed E-state index contributed by atoms with van der Waals surface area (Å²) in [5.41, 5.74) is 0. The third-order valence-corrected chi connectivity index (χ3v) is 2.76. The molecule has 0 amide bonds. The van der Waals surface area contributed by atoms with E-state index in [2.05, 4.69) is 43.2 Å². The first-order chi connectivity index (χ1) is 8.72. The van der Waals surface area contributed by atoms with Crippen molar-refractivity contribution >= 4 is 21.9 Å². The Labute approximate surface area is 114 Å². The van der Waals surface area contributed by atoms with Crippen LogP contribution in [-0.2, 0) is 6.54 Å². The first kappa shape index (κ1) is 12.8. The molecule has 0 aliphatic rings. The molecule has 1 N–H and O–H groups in total. The summed E-state index contributed by atoms with van der Waals surface area (Å²) in [6, 6.07) is 0. The minimum Gasteiger partial charge on any atom is -0.434 e. The predicted octanol–water partition coefficient (Wildman–Crippen LogP) is 2.68. The Hall–Kier alpha value is -1.63. The van der Waals surface area contributed by atoms with Crippen molar-refractivity contribution in [3.63, 3.8) is 0 Å². The molecule has 0 spiro atoms. The fourth-order valence-electron chi connectivity index (χ4n) is 1.40. The zero-order valence-electron chi connectivity index (χ0n) is 10.2. The maximum Gasteiger partial charge on any atom is 0.238 e. The van der Waals surface area contributed by atoms with Gasteiger partial charge in [-0.2, -0.15) is 10.1 Å². The average molecular weight is 312 g/mol. The Morgan fingerprint density at radius 1 is 1.44 bits per heavy atom. The number of aromatic nitrogens is 4. The zero-order valence-corrected chi connectivity index (χ0v) is 11.8. The molecule has 0 saturated carbocycles. The lowest BCUT2D eigenvalue weighted by atomic mass is 10.5. The van der Waals surface area contributed by atoms with Crippen LogP contribution in [0.25, 0.3) is 0 Å². The van der Waals surface area contributed by atoms with Crippen molar-refractivity contribution in [3.8, 4) is 11.6 Å². The van der Waals surface area contributed by atoms with Gasteiger partial charge in [0.1, 0.15) is 0 Å². The highest BCUT2D eigenvalue weighted by Crippen LogP contribution is 2.27. The number of ether oxygens (including phenoxy) is 1. The molecule has 2 heterocycles. The van der Waals surface area contributed by atoms with E-state index in [1.807, 2.05) is 10.9 Å². The van der Waals surface area contributed by atoms with Crippen molar-refractivity contribution in [2.24, 2.45) is 0 Å². The van der Waals surface area contributed by atoms with E-state index in [0.29, 0.717) is 22.1 Å². The molecule has 0 unspecified atom stereocenters. The first-order valence-electron chi connectivity index (χ1n) is 5.63. The smallest absolute Gasteiger partial charge is 0.238 e. The molecule has 0 bridgehead atoms. The van der Waals surface area contributed by atoms with Gasteiger partial charge in [-0.3, -0.25) is 4.68 Å². The van der Waals surface area contributed by atoms with Gasteiger partial charge in [-0.25, -0.2) is 4.98 Å². The van der Waals surface area contributed by atoms with Gasteiger partial charge in [0.05, 0.1) is 23.1 Å². The van der Waals surface area contributed by atoms with Crippen LogP contribution >= 0.6 is 15.9 Å². The van der Waals surface area contributed by atoms with Crippen LogP contribution in [0.3, 0.4) is 0 Å². The molecule has 0 saturated heterocycles. The fraction of sp³-hybridized carbons (Fsp3) is 0.364. The highest BCUT2D eigenvalue weighted by Gasteiger charge is 2.08. The largest absolute Gasteiger partial charge is 0.434 e. The highest BCUT2D eigenvalue weighted by molar-refractivity contribution is 9.10. The van der Waals surface area contributed by atoms with Gasteiger partial charge >= 0.3 is 0 Å². The molecule has 6 nitrogen and oxygen atoms in total. The summed E-state index contributed by atoms with van der Waals surface area (Å²) in [5.74, 6) is 1.63. The summed E-state index contributed by atoms with van der Waals surface area (Å²) in [6.07, 6.45) is 6.19. The van der Waals surface area contributed by atoms with Crippen molar-refractivity contribution in [1.82, 2.24) is 19.7 Å². The summed E-state index contributed by atoms with van der Waals surface area (Å²) in [7, 11) is 1.76. The monoisotopic (exact) mass is 311 g/mol. The number of nitrogens with zero attached hydrogens (tertiary/aromatic N) is 4. The molecular weight excluding hydrogens is 298 g/mol. The third kappa shape index (κ3) is 2.98. The van der Waals surface area contributed by atoms with Crippen LogP contribution in [0.4, 0.5) is 5.95 Å². The van der Waals surface area contributed by atoms with Crippen LogP contribution in [0.1, 0.15) is 13.3 Å². The number of nitrogens with one attached hydrogen (secondary N) is 1. The van der Waals surface area contributed by atoms with Gasteiger partial charge in [0, 0.05) is 13.6 Å². The molecule has 18 heavy (non-hydrogen) atoms. The van der Waals surface area contributed by atoms with Crippen molar-refractivity contribution in [3.05, 3.63) is 23.1 Å². The zero-order chi connectivity index (χ0) is 13.0. The summed E-state index contributed by atoms with van der Waals surface area (Å²) < 4.78 is 8.19. The van der Waals surface area contributed by atoms with E-state index in [1.54, 1.807) is 19.4 Å². The van der Waals surface area contributed by atoms with Crippen LogP contribution in [0, 0.1) is 0 Å². The number of hydrogen-bond donors (Lipinski definition) is 1. The fourth-order valence-corrected chi connectivity index (χ4v) is 1.68. The maximum atomic E-state index is 5.66. The maximum absolute atomic E-state index is 5.66. The summed E-state index contributed by atoms with van der Waals surface area (Å²) in [6.45, 7) is 2.97. The van der Waals surface area contributed by atoms with Gasteiger partial charge in [-0.05, 0) is 22.4 Å². The van der Waals surface area contributed by atoms with Gasteiger partial charge in [-0.1, -0.05) is 6.92 Å². The molecule has 2 rings (SSSR count). The van der Waals surface area contributed by atoms with Crippen molar-refractivity contribution in [2.75, 3.05) is 12.4 Å². The second-order valence-electron chi connectivity index (χ2n) is 3.64. The topological polar surface area (TPSA) is 64.9 Å². The Kier molecular flexibility index (Phi) is 4.14. The lowest BCUT2D eigenvalue weighted by molar-refractivity contribution is 0.457. The second kappa shape index (κ2) is 5.81. The van der Waals surface area contributed by atoms with Gasteiger partial charge < -0.3 is 10.1 Å². The van der Waals surface area contributed by atoms with Gasteiger partial charge in [0.2, 0.25) is 11.8 Å². The van der Waals surface area contributed by atoms with Crippen LogP contribution in [0.5, 0.6) is 11.6 Å². The molecule has 0 atom stereocenters. The molecule has 0 aromatic carbocycles. The average Bonchev–Trinajstić information content (AvgIpc) is 2.80. The van der Waals surface area contributed by atoms with Crippen molar-refractivity contribution in [1.29, 1.82) is 0 Å². The molecule has 2 aromatic heterocycles. The van der Waals surface area contributed by atoms with Crippen LogP contribution in [0.15, 0.2) is 23.1 Å². The molecule has 0 aliphatic heterocycles. The Bertz CT molecular complexity index is 528. The molecular formula is C11H14BrN5O. The second-order valence-corrected chi connectivity index (χ2v) is 4.49. The number of anilines is 1. The van der Waals surface area contributed by atoms with Gasteiger partial charge in [0.15, 0.2) is 5.75 Å². The van der Waals surface area contributed by atoms with E-state index in [-0.39, 0.29) is 0 Å². The lowest BCUT2D eigenvalue weighted by Crippen LogP contribution is -1.98. The number of rotatable bonds is 5.